The van der Waals surface area contributed by atoms with Crippen LogP contribution in [0.3, 0.4) is 0 Å². The van der Waals surface area contributed by atoms with Crippen molar-refractivity contribution in [3.63, 3.8) is 0 Å². The van der Waals surface area contributed by atoms with Crippen molar-refractivity contribution >= 4 is 17.7 Å². The van der Waals surface area contributed by atoms with Gasteiger partial charge in [0.25, 0.3) is 0 Å². The number of hydrogen-bond donors (Lipinski definition) is 2. The quantitative estimate of drug-likeness (QED) is 0.841. The average molecular weight is 277 g/mol. The van der Waals surface area contributed by atoms with Gasteiger partial charge in [-0.25, -0.2) is 0 Å². The van der Waals surface area contributed by atoms with Gasteiger partial charge >= 0.3 is 0 Å². The molecule has 2 saturated heterocycles. The van der Waals surface area contributed by atoms with E-state index in [4.69, 9.17) is 5.73 Å². The molecule has 102 valence electrons. The zero-order chi connectivity index (χ0) is 13.3. The Kier molecular flexibility index (Phi) is 3.52. The molecule has 1 aromatic rings. The highest BCUT2D eigenvalue weighted by atomic mass is 32.2. The number of hydrogen-bond acceptors (Lipinski definition) is 4. The summed E-state index contributed by atoms with van der Waals surface area (Å²) < 4.78 is 0. The molecule has 3 N–H and O–H groups in total. The molecular weight excluding hydrogens is 258 g/mol. The molecule has 1 atom stereocenters. The molecule has 0 aromatic heterocycles. The Morgan fingerprint density at radius 3 is 2.79 bits per heavy atom. The largest absolute Gasteiger partial charge is 0.336 e. The minimum absolute atomic E-state index is 0.0729. The van der Waals surface area contributed by atoms with Crippen molar-refractivity contribution in [1.29, 1.82) is 0 Å². The molecule has 1 aromatic carbocycles. The lowest BCUT2D eigenvalue weighted by atomic mass is 10.0. The first-order valence-electron chi connectivity index (χ1n) is 6.66. The number of carbonyl (C=O) groups excluding carboxylic acids is 1. The molecule has 19 heavy (non-hydrogen) atoms. The number of amides is 1. The fourth-order valence-corrected chi connectivity index (χ4v) is 3.99. The van der Waals surface area contributed by atoms with Gasteiger partial charge in [-0.05, 0) is 12.0 Å². The van der Waals surface area contributed by atoms with Crippen LogP contribution in [-0.2, 0) is 11.2 Å². The van der Waals surface area contributed by atoms with Crippen LogP contribution in [-0.4, -0.2) is 47.1 Å². The number of nitrogens with zero attached hydrogens (tertiary/aromatic N) is 1. The van der Waals surface area contributed by atoms with Crippen LogP contribution in [0.5, 0.6) is 0 Å². The molecule has 3 rings (SSSR count). The number of likely N-dealkylation sites (tertiary alicyclic amines) is 1. The summed E-state index contributed by atoms with van der Waals surface area (Å²) in [5, 5.41) is 3.47. The predicted octanol–water partition coefficient (Wildman–Crippen LogP) is 0.431. The van der Waals surface area contributed by atoms with Crippen molar-refractivity contribution in [3.8, 4) is 0 Å². The molecular formula is C14H19N3OS. The number of thioether (sulfide) groups is 1. The van der Waals surface area contributed by atoms with E-state index in [2.05, 4.69) is 5.32 Å². The first kappa shape index (κ1) is 13.0. The molecule has 1 amide bonds. The van der Waals surface area contributed by atoms with Gasteiger partial charge < -0.3 is 10.6 Å². The molecule has 0 unspecified atom stereocenters. The Balaban J connectivity index is 1.53. The maximum absolute atomic E-state index is 12.2. The lowest BCUT2D eigenvalue weighted by molar-refractivity contribution is -0.138. The molecule has 1 spiro atoms. The van der Waals surface area contributed by atoms with Crippen LogP contribution in [0.15, 0.2) is 30.3 Å². The first-order chi connectivity index (χ1) is 9.19. The van der Waals surface area contributed by atoms with Crippen molar-refractivity contribution < 1.29 is 4.79 Å². The zero-order valence-corrected chi connectivity index (χ0v) is 11.7. The average Bonchev–Trinajstić information content (AvgIpc) is 2.87. The third-order valence-corrected chi connectivity index (χ3v) is 5.11. The van der Waals surface area contributed by atoms with E-state index in [1.807, 2.05) is 47.0 Å². The number of rotatable bonds is 3. The SMILES string of the molecule is N[C@@H](Cc1ccccc1)C(=O)N1CC2(C1)NCCS2. The molecule has 0 saturated carbocycles. The maximum Gasteiger partial charge on any atom is 0.240 e. The number of nitrogens with one attached hydrogen (secondary N) is 1. The lowest BCUT2D eigenvalue weighted by Crippen LogP contribution is -2.68. The molecule has 5 heteroatoms. The molecule has 2 fully saturated rings. The highest BCUT2D eigenvalue weighted by molar-refractivity contribution is 8.01. The smallest absolute Gasteiger partial charge is 0.240 e. The Hall–Kier alpha value is -1.04. The molecule has 2 aliphatic heterocycles. The van der Waals surface area contributed by atoms with Crippen molar-refractivity contribution in [2.45, 2.75) is 17.3 Å². The summed E-state index contributed by atoms with van der Waals surface area (Å²) in [4.78, 5) is 14.2. The molecule has 0 radical (unpaired) electrons. The van der Waals surface area contributed by atoms with Gasteiger partial charge in [-0.3, -0.25) is 10.1 Å². The van der Waals surface area contributed by atoms with Crippen LogP contribution in [0.2, 0.25) is 0 Å². The third kappa shape index (κ3) is 2.63. The van der Waals surface area contributed by atoms with Crippen molar-refractivity contribution in [3.05, 3.63) is 35.9 Å². The van der Waals surface area contributed by atoms with Gasteiger partial charge in [0.05, 0.1) is 19.1 Å². The van der Waals surface area contributed by atoms with Gasteiger partial charge in [0, 0.05) is 12.3 Å². The minimum Gasteiger partial charge on any atom is -0.336 e. The summed E-state index contributed by atoms with van der Waals surface area (Å²) in [7, 11) is 0. The summed E-state index contributed by atoms with van der Waals surface area (Å²) in [5.41, 5.74) is 7.15. The second-order valence-electron chi connectivity index (χ2n) is 5.26. The highest BCUT2D eigenvalue weighted by Crippen LogP contribution is 2.36. The molecule has 0 aliphatic carbocycles. The normalized spacial score (nSPS) is 22.3. The second kappa shape index (κ2) is 5.15. The Labute approximate surface area is 117 Å². The highest BCUT2D eigenvalue weighted by Gasteiger charge is 2.48. The van der Waals surface area contributed by atoms with Gasteiger partial charge in [-0.1, -0.05) is 30.3 Å². The van der Waals surface area contributed by atoms with Crippen LogP contribution in [0, 0.1) is 0 Å². The molecule has 4 nitrogen and oxygen atoms in total. The number of benzene rings is 1. The van der Waals surface area contributed by atoms with E-state index in [1.54, 1.807) is 0 Å². The van der Waals surface area contributed by atoms with E-state index in [0.29, 0.717) is 6.42 Å². The van der Waals surface area contributed by atoms with Crippen LogP contribution in [0.1, 0.15) is 5.56 Å². The maximum atomic E-state index is 12.2. The van der Waals surface area contributed by atoms with Gasteiger partial charge in [0.2, 0.25) is 5.91 Å². The monoisotopic (exact) mass is 277 g/mol. The van der Waals surface area contributed by atoms with Crippen LogP contribution < -0.4 is 11.1 Å². The molecule has 0 bridgehead atoms. The van der Waals surface area contributed by atoms with E-state index in [-0.39, 0.29) is 10.8 Å². The first-order valence-corrected chi connectivity index (χ1v) is 7.64. The Morgan fingerprint density at radius 1 is 1.42 bits per heavy atom. The Bertz CT molecular complexity index is 451. The van der Waals surface area contributed by atoms with Gasteiger partial charge in [0.15, 0.2) is 0 Å². The fraction of sp³-hybridized carbons (Fsp3) is 0.500. The van der Waals surface area contributed by atoms with Gasteiger partial charge in [-0.2, -0.15) is 0 Å². The summed E-state index contributed by atoms with van der Waals surface area (Å²) >= 11 is 1.92. The van der Waals surface area contributed by atoms with Crippen molar-refractivity contribution in [1.82, 2.24) is 10.2 Å². The summed E-state index contributed by atoms with van der Waals surface area (Å²) in [6, 6.07) is 9.53. The van der Waals surface area contributed by atoms with Crippen LogP contribution in [0.4, 0.5) is 0 Å². The number of carbonyl (C=O) groups is 1. The second-order valence-corrected chi connectivity index (χ2v) is 6.74. The molecule has 2 aliphatic rings. The van der Waals surface area contributed by atoms with E-state index in [0.717, 1.165) is 31.0 Å². The zero-order valence-electron chi connectivity index (χ0n) is 10.8. The standard InChI is InChI=1S/C14H19N3OS/c15-12(8-11-4-2-1-3-5-11)13(18)17-9-14(10-17)16-6-7-19-14/h1-5,12,16H,6-10,15H2/t12-/m0/s1. The van der Waals surface area contributed by atoms with Gasteiger partial charge in [-0.15, -0.1) is 11.8 Å². The van der Waals surface area contributed by atoms with E-state index < -0.39 is 6.04 Å². The van der Waals surface area contributed by atoms with E-state index in [1.165, 1.54) is 0 Å². The third-order valence-electron chi connectivity index (χ3n) is 3.75. The van der Waals surface area contributed by atoms with Gasteiger partial charge in [0.1, 0.15) is 4.87 Å². The number of nitrogens with two attached hydrogens (primary N) is 1. The van der Waals surface area contributed by atoms with Crippen LogP contribution >= 0.6 is 11.8 Å². The Morgan fingerprint density at radius 2 is 2.16 bits per heavy atom. The molecule has 2 heterocycles. The lowest BCUT2D eigenvalue weighted by Gasteiger charge is -2.48. The topological polar surface area (TPSA) is 58.4 Å². The predicted molar refractivity (Wildman–Crippen MR) is 77.9 cm³/mol. The van der Waals surface area contributed by atoms with Crippen molar-refractivity contribution in [2.24, 2.45) is 5.73 Å². The fourth-order valence-electron chi connectivity index (χ4n) is 2.70. The minimum atomic E-state index is -0.425. The summed E-state index contributed by atoms with van der Waals surface area (Å²) in [5.74, 6) is 1.21. The van der Waals surface area contributed by atoms with E-state index >= 15 is 0 Å². The van der Waals surface area contributed by atoms with E-state index in [9.17, 15) is 4.79 Å². The summed E-state index contributed by atoms with van der Waals surface area (Å²) in [6.45, 7) is 2.63. The van der Waals surface area contributed by atoms with Crippen LogP contribution in [0.25, 0.3) is 0 Å². The summed E-state index contributed by atoms with van der Waals surface area (Å²) in [6.07, 6.45) is 0.615. The van der Waals surface area contributed by atoms with Crippen molar-refractivity contribution in [2.75, 3.05) is 25.4 Å².